The number of sulfonamides is 1. The topological polar surface area (TPSA) is 156 Å². The second kappa shape index (κ2) is 10.4. The van der Waals surface area contributed by atoms with Crippen LogP contribution in [0.5, 0.6) is 5.75 Å². The number of carbonyl (C=O) groups is 2. The fourth-order valence-electron chi connectivity index (χ4n) is 3.42. The van der Waals surface area contributed by atoms with Crippen molar-refractivity contribution in [2.24, 2.45) is 5.92 Å². The van der Waals surface area contributed by atoms with E-state index < -0.39 is 38.0 Å². The fourth-order valence-corrected chi connectivity index (χ4v) is 4.41. The van der Waals surface area contributed by atoms with E-state index in [0.717, 1.165) is 12.1 Å². The Morgan fingerprint density at radius 3 is 2.42 bits per heavy atom. The molecule has 0 bridgehead atoms. The lowest BCUT2D eigenvalue weighted by Gasteiger charge is -2.31. The van der Waals surface area contributed by atoms with Crippen molar-refractivity contribution in [3.8, 4) is 5.75 Å². The average Bonchev–Trinajstić information content (AvgIpc) is 2.82. The molecule has 11 nitrogen and oxygen atoms in total. The van der Waals surface area contributed by atoms with E-state index in [1.807, 2.05) is 4.72 Å². The summed E-state index contributed by atoms with van der Waals surface area (Å²) in [6.45, 7) is 0.509. The zero-order chi connectivity index (χ0) is 24.0. The number of piperidine rings is 1. The van der Waals surface area contributed by atoms with Gasteiger partial charge in [-0.1, -0.05) is 18.2 Å². The maximum Gasteiger partial charge on any atom is 0.312 e. The van der Waals surface area contributed by atoms with Crippen LogP contribution >= 0.6 is 0 Å². The van der Waals surface area contributed by atoms with Crippen molar-refractivity contribution < 1.29 is 32.8 Å². The quantitative estimate of drug-likeness (QED) is 0.426. The van der Waals surface area contributed by atoms with Gasteiger partial charge in [0.05, 0.1) is 16.4 Å². The highest BCUT2D eigenvalue weighted by molar-refractivity contribution is 7.90. The number of nitro benzene ring substituents is 1. The summed E-state index contributed by atoms with van der Waals surface area (Å²) in [5.41, 5.74) is -0.416. The van der Waals surface area contributed by atoms with Crippen LogP contribution < -0.4 is 9.46 Å². The molecule has 0 spiro atoms. The van der Waals surface area contributed by atoms with Crippen molar-refractivity contribution in [3.63, 3.8) is 0 Å². The van der Waals surface area contributed by atoms with Crippen molar-refractivity contribution in [3.05, 3.63) is 64.2 Å². The largest absolute Gasteiger partial charge is 0.487 e. The minimum absolute atomic E-state index is 0.0425. The Labute approximate surface area is 190 Å². The number of carbonyl (C=O) groups excluding carboxylic acids is 2. The van der Waals surface area contributed by atoms with Crippen LogP contribution in [0.25, 0.3) is 0 Å². The lowest BCUT2D eigenvalue weighted by atomic mass is 9.98. The Bertz CT molecular complexity index is 1130. The number of hydrogen-bond donors (Lipinski definition) is 2. The Balaban J connectivity index is 1.68. The second-order valence-corrected chi connectivity index (χ2v) is 9.16. The predicted octanol–water partition coefficient (Wildman–Crippen LogP) is 1.32. The number of hydrogen-bond acceptors (Lipinski definition) is 8. The molecular weight excluding hydrogens is 454 g/mol. The molecule has 0 saturated carbocycles. The zero-order valence-electron chi connectivity index (χ0n) is 17.5. The molecule has 2 aromatic carbocycles. The number of amides is 2. The number of nitrogens with one attached hydrogen (secondary N) is 1. The van der Waals surface area contributed by atoms with Gasteiger partial charge in [-0.2, -0.15) is 0 Å². The van der Waals surface area contributed by atoms with Gasteiger partial charge in [0.2, 0.25) is 5.91 Å². The normalized spacial score (nSPS) is 14.5. The molecule has 1 saturated heterocycles. The van der Waals surface area contributed by atoms with Gasteiger partial charge < -0.3 is 14.7 Å². The Kier molecular flexibility index (Phi) is 7.61. The average molecular weight is 477 g/mol. The number of nitro groups is 1. The van der Waals surface area contributed by atoms with Crippen molar-refractivity contribution in [2.45, 2.75) is 17.7 Å². The van der Waals surface area contributed by atoms with Crippen LogP contribution in [0.15, 0.2) is 53.4 Å². The summed E-state index contributed by atoms with van der Waals surface area (Å²) < 4.78 is 32.6. The van der Waals surface area contributed by atoms with Gasteiger partial charge in [-0.05, 0) is 43.0 Å². The first kappa shape index (κ1) is 24.1. The van der Waals surface area contributed by atoms with Crippen LogP contribution in [0.1, 0.15) is 23.2 Å². The highest BCUT2D eigenvalue weighted by Crippen LogP contribution is 2.31. The number of ether oxygens (including phenoxy) is 1. The number of aliphatic hydroxyl groups is 1. The first-order valence-corrected chi connectivity index (χ1v) is 11.6. The number of likely N-dealkylation sites (tertiary alicyclic amines) is 1. The van der Waals surface area contributed by atoms with Crippen LogP contribution in [0, 0.1) is 16.0 Å². The van der Waals surface area contributed by atoms with E-state index >= 15 is 0 Å². The number of rotatable bonds is 8. The van der Waals surface area contributed by atoms with Crippen LogP contribution in [0.3, 0.4) is 0 Å². The number of nitrogens with zero attached hydrogens (tertiary/aromatic N) is 2. The summed E-state index contributed by atoms with van der Waals surface area (Å²) in [4.78, 5) is 35.6. The Hall–Kier alpha value is -3.51. The summed E-state index contributed by atoms with van der Waals surface area (Å²) in [5.74, 6) is -1.26. The van der Waals surface area contributed by atoms with Crippen molar-refractivity contribution in [1.29, 1.82) is 0 Å². The summed E-state index contributed by atoms with van der Waals surface area (Å²) in [7, 11) is -4.35. The third-order valence-electron chi connectivity index (χ3n) is 5.28. The first-order chi connectivity index (χ1) is 15.7. The molecule has 0 radical (unpaired) electrons. The van der Waals surface area contributed by atoms with E-state index in [1.54, 1.807) is 23.1 Å². The van der Waals surface area contributed by atoms with Crippen molar-refractivity contribution >= 4 is 27.5 Å². The number of aliphatic hydroxyl groups excluding tert-OH is 1. The minimum atomic E-state index is -4.35. The van der Waals surface area contributed by atoms with E-state index in [2.05, 4.69) is 0 Å². The Morgan fingerprint density at radius 2 is 1.82 bits per heavy atom. The molecule has 1 fully saturated rings. The zero-order valence-corrected chi connectivity index (χ0v) is 18.4. The van der Waals surface area contributed by atoms with E-state index in [1.165, 1.54) is 18.2 Å². The monoisotopic (exact) mass is 477 g/mol. The molecular formula is C21H23N3O8S. The number of benzene rings is 2. The molecule has 0 aliphatic carbocycles. The molecule has 1 aliphatic rings. The molecule has 3 rings (SSSR count). The van der Waals surface area contributed by atoms with E-state index in [9.17, 15) is 28.1 Å². The molecule has 2 amide bonds. The van der Waals surface area contributed by atoms with Gasteiger partial charge in [0.25, 0.3) is 15.9 Å². The second-order valence-electron chi connectivity index (χ2n) is 7.48. The minimum Gasteiger partial charge on any atom is -0.487 e. The van der Waals surface area contributed by atoms with Gasteiger partial charge in [-0.3, -0.25) is 19.7 Å². The summed E-state index contributed by atoms with van der Waals surface area (Å²) >= 11 is 0. The molecule has 0 aromatic heterocycles. The molecule has 1 heterocycles. The standard InChI is InChI=1S/C21H23N3O8S/c25-13-20(26)23-10-8-15(9-11-23)14-32-19-7-6-17(12-18(19)24(28)29)33(30,31)22-21(27)16-4-2-1-3-5-16/h1-7,12,15,25H,8-11,13-14H2,(H,22,27). The molecule has 2 aromatic rings. The molecule has 176 valence electrons. The molecule has 12 heteroatoms. The summed E-state index contributed by atoms with van der Waals surface area (Å²) in [6, 6.07) is 10.9. The van der Waals surface area contributed by atoms with Crippen molar-refractivity contribution in [2.75, 3.05) is 26.3 Å². The maximum atomic E-state index is 12.6. The molecule has 2 N–H and O–H groups in total. The van der Waals surface area contributed by atoms with Gasteiger partial charge in [-0.25, -0.2) is 13.1 Å². The van der Waals surface area contributed by atoms with Crippen LogP contribution in [0.2, 0.25) is 0 Å². The van der Waals surface area contributed by atoms with Crippen LogP contribution in [-0.4, -0.2) is 61.5 Å². The van der Waals surface area contributed by atoms with Crippen LogP contribution in [0.4, 0.5) is 5.69 Å². The highest BCUT2D eigenvalue weighted by atomic mass is 32.2. The Morgan fingerprint density at radius 1 is 1.15 bits per heavy atom. The van der Waals surface area contributed by atoms with Gasteiger partial charge in [0.15, 0.2) is 5.75 Å². The molecule has 0 atom stereocenters. The third kappa shape index (κ3) is 6.05. The molecule has 1 aliphatic heterocycles. The summed E-state index contributed by atoms with van der Waals surface area (Å²) in [6.07, 6.45) is 1.22. The first-order valence-electron chi connectivity index (χ1n) is 10.1. The molecule has 33 heavy (non-hydrogen) atoms. The van der Waals surface area contributed by atoms with Crippen LogP contribution in [-0.2, 0) is 14.8 Å². The van der Waals surface area contributed by atoms with E-state index in [-0.39, 0.29) is 29.7 Å². The van der Waals surface area contributed by atoms with Gasteiger partial charge in [0, 0.05) is 24.7 Å². The molecule has 0 unspecified atom stereocenters. The predicted molar refractivity (Wildman–Crippen MR) is 116 cm³/mol. The van der Waals surface area contributed by atoms with E-state index in [4.69, 9.17) is 9.84 Å². The summed E-state index contributed by atoms with van der Waals surface area (Å²) in [5, 5.41) is 20.4. The SMILES string of the molecule is O=C(NS(=O)(=O)c1ccc(OCC2CCN(C(=O)CO)CC2)c([N+](=O)[O-])c1)c1ccccc1. The van der Waals surface area contributed by atoms with Gasteiger partial charge >= 0.3 is 5.69 Å². The smallest absolute Gasteiger partial charge is 0.312 e. The van der Waals surface area contributed by atoms with E-state index in [0.29, 0.717) is 25.9 Å². The lowest BCUT2D eigenvalue weighted by molar-refractivity contribution is -0.386. The van der Waals surface area contributed by atoms with Crippen molar-refractivity contribution in [1.82, 2.24) is 9.62 Å². The van der Waals surface area contributed by atoms with Gasteiger partial charge in [0.1, 0.15) is 6.61 Å². The lowest BCUT2D eigenvalue weighted by Crippen LogP contribution is -2.41. The fraction of sp³-hybridized carbons (Fsp3) is 0.333. The highest BCUT2D eigenvalue weighted by Gasteiger charge is 2.26. The van der Waals surface area contributed by atoms with Gasteiger partial charge in [-0.15, -0.1) is 0 Å². The maximum absolute atomic E-state index is 12.6. The third-order valence-corrected chi connectivity index (χ3v) is 6.61.